The lowest BCUT2D eigenvalue weighted by Gasteiger charge is -2.11. The van der Waals surface area contributed by atoms with Gasteiger partial charge < -0.3 is 10.6 Å². The lowest BCUT2D eigenvalue weighted by atomic mass is 10.2. The van der Waals surface area contributed by atoms with Gasteiger partial charge in [0.1, 0.15) is 0 Å². The van der Waals surface area contributed by atoms with Crippen molar-refractivity contribution in [2.45, 2.75) is 20.4 Å². The minimum absolute atomic E-state index is 0.0972. The van der Waals surface area contributed by atoms with Gasteiger partial charge >= 0.3 is 0 Å². The zero-order valence-electron chi connectivity index (χ0n) is 12.4. The fourth-order valence-corrected chi connectivity index (χ4v) is 2.50. The number of halogens is 1. The van der Waals surface area contributed by atoms with Crippen molar-refractivity contribution in [3.8, 4) is 0 Å². The van der Waals surface area contributed by atoms with Crippen LogP contribution in [0.3, 0.4) is 0 Å². The van der Waals surface area contributed by atoms with Crippen LogP contribution in [0.5, 0.6) is 0 Å². The minimum atomic E-state index is -2.97. The number of aliphatic imine (C=N–C) groups is 1. The van der Waals surface area contributed by atoms with Crippen LogP contribution in [-0.4, -0.2) is 39.0 Å². The van der Waals surface area contributed by atoms with Gasteiger partial charge in [-0.3, -0.25) is 0 Å². The summed E-state index contributed by atoms with van der Waals surface area (Å²) >= 11 is 6.08. The zero-order chi connectivity index (χ0) is 15.7. The summed E-state index contributed by atoms with van der Waals surface area (Å²) in [5, 5.41) is 6.77. The van der Waals surface area contributed by atoms with Crippen LogP contribution >= 0.6 is 11.6 Å². The van der Waals surface area contributed by atoms with E-state index in [4.69, 9.17) is 11.6 Å². The summed E-state index contributed by atoms with van der Waals surface area (Å²) in [6.45, 7) is 5.08. The number of sulfone groups is 1. The highest BCUT2D eigenvalue weighted by molar-refractivity contribution is 7.91. The third kappa shape index (κ3) is 6.82. The molecule has 0 radical (unpaired) electrons. The summed E-state index contributed by atoms with van der Waals surface area (Å²) < 4.78 is 22.9. The van der Waals surface area contributed by atoms with Crippen molar-refractivity contribution in [3.05, 3.63) is 34.9 Å². The van der Waals surface area contributed by atoms with Gasteiger partial charge in [0.2, 0.25) is 0 Å². The fourth-order valence-electron chi connectivity index (χ4n) is 1.60. The first-order chi connectivity index (χ1) is 9.98. The Morgan fingerprint density at radius 3 is 2.57 bits per heavy atom. The van der Waals surface area contributed by atoms with Crippen molar-refractivity contribution in [3.63, 3.8) is 0 Å². The molecule has 118 valence electrons. The Labute approximate surface area is 131 Å². The van der Waals surface area contributed by atoms with Gasteiger partial charge in [-0.1, -0.05) is 36.7 Å². The molecule has 0 aliphatic heterocycles. The summed E-state index contributed by atoms with van der Waals surface area (Å²) in [5.41, 5.74) is 0.928. The molecule has 0 aliphatic rings. The molecular weight excluding hydrogens is 310 g/mol. The van der Waals surface area contributed by atoms with Crippen LogP contribution in [0.25, 0.3) is 0 Å². The maximum Gasteiger partial charge on any atom is 0.191 e. The molecule has 7 heteroatoms. The summed E-state index contributed by atoms with van der Waals surface area (Å²) in [5.74, 6) is 0.839. The second-order valence-electron chi connectivity index (χ2n) is 4.45. The smallest absolute Gasteiger partial charge is 0.191 e. The molecule has 0 atom stereocenters. The SMILES string of the molecule is CCNC(=NCc1ccccc1Cl)NCCS(=O)(=O)CC. The van der Waals surface area contributed by atoms with Gasteiger partial charge in [0, 0.05) is 23.9 Å². The lowest BCUT2D eigenvalue weighted by Crippen LogP contribution is -2.39. The molecule has 0 bridgehead atoms. The van der Waals surface area contributed by atoms with Crippen LogP contribution in [0.15, 0.2) is 29.3 Å². The number of rotatable bonds is 7. The van der Waals surface area contributed by atoms with E-state index in [0.29, 0.717) is 30.6 Å². The summed E-state index contributed by atoms with van der Waals surface area (Å²) in [4.78, 5) is 4.41. The highest BCUT2D eigenvalue weighted by Crippen LogP contribution is 2.15. The number of hydrogen-bond donors (Lipinski definition) is 2. The molecule has 1 aromatic rings. The Kier molecular flexibility index (Phi) is 7.53. The molecule has 21 heavy (non-hydrogen) atoms. The molecule has 5 nitrogen and oxygen atoms in total. The zero-order valence-corrected chi connectivity index (χ0v) is 14.0. The van der Waals surface area contributed by atoms with Crippen LogP contribution in [0.4, 0.5) is 0 Å². The molecule has 0 amide bonds. The Bertz CT molecular complexity index is 573. The Morgan fingerprint density at radius 1 is 1.24 bits per heavy atom. The number of hydrogen-bond acceptors (Lipinski definition) is 3. The van der Waals surface area contributed by atoms with E-state index >= 15 is 0 Å². The Morgan fingerprint density at radius 2 is 1.95 bits per heavy atom. The van der Waals surface area contributed by atoms with E-state index < -0.39 is 9.84 Å². The van der Waals surface area contributed by atoms with Crippen LogP contribution in [-0.2, 0) is 16.4 Å². The van der Waals surface area contributed by atoms with E-state index in [-0.39, 0.29) is 11.5 Å². The van der Waals surface area contributed by atoms with Crippen molar-refractivity contribution >= 4 is 27.4 Å². The van der Waals surface area contributed by atoms with Crippen molar-refractivity contribution in [2.24, 2.45) is 4.99 Å². The molecule has 0 aromatic heterocycles. The predicted molar refractivity (Wildman–Crippen MR) is 88.6 cm³/mol. The average Bonchev–Trinajstić information content (AvgIpc) is 2.46. The normalized spacial score (nSPS) is 12.2. The highest BCUT2D eigenvalue weighted by Gasteiger charge is 2.07. The van der Waals surface area contributed by atoms with Crippen molar-refractivity contribution in [2.75, 3.05) is 24.6 Å². The Hall–Kier alpha value is -1.27. The van der Waals surface area contributed by atoms with Gasteiger partial charge in [-0.15, -0.1) is 0 Å². The summed E-state index contributed by atoms with van der Waals surface area (Å²) in [7, 11) is -2.97. The van der Waals surface area contributed by atoms with Gasteiger partial charge in [0.05, 0.1) is 12.3 Å². The lowest BCUT2D eigenvalue weighted by molar-refractivity contribution is 0.595. The number of benzene rings is 1. The maximum atomic E-state index is 11.4. The third-order valence-electron chi connectivity index (χ3n) is 2.85. The second-order valence-corrected chi connectivity index (χ2v) is 7.33. The first-order valence-corrected chi connectivity index (χ1v) is 9.14. The summed E-state index contributed by atoms with van der Waals surface area (Å²) in [6, 6.07) is 7.51. The molecule has 0 saturated carbocycles. The molecule has 1 aromatic carbocycles. The van der Waals surface area contributed by atoms with Crippen LogP contribution in [0.1, 0.15) is 19.4 Å². The molecule has 0 aliphatic carbocycles. The van der Waals surface area contributed by atoms with Crippen molar-refractivity contribution in [1.29, 1.82) is 0 Å². The van der Waals surface area contributed by atoms with Crippen molar-refractivity contribution < 1.29 is 8.42 Å². The molecule has 2 N–H and O–H groups in total. The maximum absolute atomic E-state index is 11.4. The van der Waals surface area contributed by atoms with E-state index in [1.54, 1.807) is 6.92 Å². The predicted octanol–water partition coefficient (Wildman–Crippen LogP) is 1.83. The van der Waals surface area contributed by atoms with Crippen molar-refractivity contribution in [1.82, 2.24) is 10.6 Å². The molecule has 0 saturated heterocycles. The molecular formula is C14H22ClN3O2S. The number of nitrogens with one attached hydrogen (secondary N) is 2. The third-order valence-corrected chi connectivity index (χ3v) is 4.93. The molecule has 1 rings (SSSR count). The monoisotopic (exact) mass is 331 g/mol. The van der Waals surface area contributed by atoms with E-state index in [9.17, 15) is 8.42 Å². The first kappa shape index (κ1) is 17.8. The molecule has 0 heterocycles. The number of nitrogens with zero attached hydrogens (tertiary/aromatic N) is 1. The minimum Gasteiger partial charge on any atom is -0.357 e. The molecule has 0 spiro atoms. The van der Waals surface area contributed by atoms with E-state index in [1.165, 1.54) is 0 Å². The number of guanidine groups is 1. The fraction of sp³-hybridized carbons (Fsp3) is 0.500. The van der Waals surface area contributed by atoms with Crippen LogP contribution in [0, 0.1) is 0 Å². The quantitative estimate of drug-likeness (QED) is 0.590. The van der Waals surface area contributed by atoms with E-state index in [2.05, 4.69) is 15.6 Å². The van der Waals surface area contributed by atoms with Gasteiger partial charge in [-0.2, -0.15) is 0 Å². The van der Waals surface area contributed by atoms with Gasteiger partial charge in [0.25, 0.3) is 0 Å². The largest absolute Gasteiger partial charge is 0.357 e. The molecule has 0 unspecified atom stereocenters. The average molecular weight is 332 g/mol. The first-order valence-electron chi connectivity index (χ1n) is 6.94. The standard InChI is InChI=1S/C14H22ClN3O2S/c1-3-16-14(17-9-10-21(19,20)4-2)18-11-12-7-5-6-8-13(12)15/h5-8H,3-4,9-11H2,1-2H3,(H2,16,17,18). The topological polar surface area (TPSA) is 70.6 Å². The van der Waals surface area contributed by atoms with Gasteiger partial charge in [0.15, 0.2) is 15.8 Å². The van der Waals surface area contributed by atoms with Crippen LogP contribution < -0.4 is 10.6 Å². The summed E-state index contributed by atoms with van der Waals surface area (Å²) in [6.07, 6.45) is 0. The van der Waals surface area contributed by atoms with E-state index in [0.717, 1.165) is 5.56 Å². The molecule has 0 fully saturated rings. The van der Waals surface area contributed by atoms with Crippen LogP contribution in [0.2, 0.25) is 5.02 Å². The second kappa shape index (κ2) is 8.89. The Balaban J connectivity index is 2.60. The highest BCUT2D eigenvalue weighted by atomic mass is 35.5. The van der Waals surface area contributed by atoms with E-state index in [1.807, 2.05) is 31.2 Å². The van der Waals surface area contributed by atoms with Gasteiger partial charge in [-0.25, -0.2) is 13.4 Å². The van der Waals surface area contributed by atoms with Gasteiger partial charge in [-0.05, 0) is 18.6 Å².